The molecule has 17 heavy (non-hydrogen) atoms. The lowest BCUT2D eigenvalue weighted by Gasteiger charge is -2.15. The molecular formula is C13H25N3S. The molecule has 1 heterocycles. The molecule has 0 fully saturated rings. The minimum Gasteiger partial charge on any atom is -0.309 e. The summed E-state index contributed by atoms with van der Waals surface area (Å²) in [7, 11) is 0. The number of hydrogen-bond donors (Lipinski definition) is 1. The van der Waals surface area contributed by atoms with Crippen LogP contribution in [0.5, 0.6) is 0 Å². The van der Waals surface area contributed by atoms with Gasteiger partial charge in [-0.2, -0.15) is 16.9 Å². The van der Waals surface area contributed by atoms with Crippen molar-refractivity contribution in [1.82, 2.24) is 15.1 Å². The van der Waals surface area contributed by atoms with Gasteiger partial charge in [-0.15, -0.1) is 0 Å². The third-order valence-corrected chi connectivity index (χ3v) is 3.86. The van der Waals surface area contributed by atoms with Crippen LogP contribution in [-0.2, 0) is 6.54 Å². The van der Waals surface area contributed by atoms with Crippen molar-refractivity contribution in [2.45, 2.75) is 46.2 Å². The van der Waals surface area contributed by atoms with E-state index < -0.39 is 0 Å². The van der Waals surface area contributed by atoms with E-state index in [2.05, 4.69) is 37.4 Å². The fraction of sp³-hybridized carbons (Fsp3) is 0.769. The average molecular weight is 255 g/mol. The van der Waals surface area contributed by atoms with Crippen LogP contribution in [0.2, 0.25) is 0 Å². The number of rotatable bonds is 9. The zero-order valence-electron chi connectivity index (χ0n) is 11.3. The number of hydrogen-bond acceptors (Lipinski definition) is 3. The number of thioether (sulfide) groups is 1. The summed E-state index contributed by atoms with van der Waals surface area (Å²) in [5.74, 6) is 2.38. The zero-order valence-corrected chi connectivity index (χ0v) is 12.1. The van der Waals surface area contributed by atoms with Crippen LogP contribution >= 0.6 is 11.8 Å². The van der Waals surface area contributed by atoms with Gasteiger partial charge in [-0.05, 0) is 25.1 Å². The molecular weight excluding hydrogens is 230 g/mol. The molecule has 0 amide bonds. The summed E-state index contributed by atoms with van der Waals surface area (Å²) in [4.78, 5) is 0. The molecule has 1 aromatic rings. The monoisotopic (exact) mass is 255 g/mol. The Balaban J connectivity index is 2.54. The third-order valence-electron chi connectivity index (χ3n) is 2.59. The highest BCUT2D eigenvalue weighted by Gasteiger charge is 2.12. The molecule has 0 aliphatic heterocycles. The van der Waals surface area contributed by atoms with Crippen molar-refractivity contribution in [3.8, 4) is 0 Å². The van der Waals surface area contributed by atoms with Crippen molar-refractivity contribution >= 4 is 11.8 Å². The summed E-state index contributed by atoms with van der Waals surface area (Å²) in [6.07, 6.45) is 6.58. The van der Waals surface area contributed by atoms with Gasteiger partial charge in [-0.25, -0.2) is 0 Å². The van der Waals surface area contributed by atoms with E-state index in [9.17, 15) is 0 Å². The Bertz CT molecular complexity index is 299. The predicted octanol–water partition coefficient (Wildman–Crippen LogP) is 3.09. The molecule has 0 aliphatic carbocycles. The summed E-state index contributed by atoms with van der Waals surface area (Å²) in [6, 6.07) is 0.446. The SMILES string of the molecule is CCCSCC(NCC)c1cnn(CCC)c1. The maximum Gasteiger partial charge on any atom is 0.0537 e. The lowest BCUT2D eigenvalue weighted by atomic mass is 10.2. The van der Waals surface area contributed by atoms with Crippen molar-refractivity contribution in [1.29, 1.82) is 0 Å². The molecule has 0 radical (unpaired) electrons. The number of aryl methyl sites for hydroxylation is 1. The second-order valence-electron chi connectivity index (χ2n) is 4.22. The van der Waals surface area contributed by atoms with Crippen LogP contribution in [0, 0.1) is 0 Å². The minimum atomic E-state index is 0.446. The highest BCUT2D eigenvalue weighted by atomic mass is 32.2. The van der Waals surface area contributed by atoms with E-state index in [-0.39, 0.29) is 0 Å². The van der Waals surface area contributed by atoms with E-state index in [1.165, 1.54) is 17.7 Å². The first-order chi connectivity index (χ1) is 8.31. The second kappa shape index (κ2) is 8.59. The van der Waals surface area contributed by atoms with Crippen molar-refractivity contribution in [3.05, 3.63) is 18.0 Å². The molecule has 1 rings (SSSR count). The van der Waals surface area contributed by atoms with Gasteiger partial charge in [0.15, 0.2) is 0 Å². The van der Waals surface area contributed by atoms with E-state index in [0.29, 0.717) is 6.04 Å². The maximum atomic E-state index is 4.40. The molecule has 98 valence electrons. The van der Waals surface area contributed by atoms with E-state index in [0.717, 1.165) is 25.3 Å². The highest BCUT2D eigenvalue weighted by Crippen LogP contribution is 2.18. The lowest BCUT2D eigenvalue weighted by molar-refractivity contribution is 0.590. The van der Waals surface area contributed by atoms with Crippen LogP contribution in [-0.4, -0.2) is 27.8 Å². The molecule has 1 aromatic heterocycles. The van der Waals surface area contributed by atoms with Crippen LogP contribution in [0.15, 0.2) is 12.4 Å². The van der Waals surface area contributed by atoms with Crippen molar-refractivity contribution in [3.63, 3.8) is 0 Å². The van der Waals surface area contributed by atoms with Gasteiger partial charge >= 0.3 is 0 Å². The van der Waals surface area contributed by atoms with Gasteiger partial charge < -0.3 is 5.32 Å². The molecule has 0 bridgehead atoms. The maximum absolute atomic E-state index is 4.40. The van der Waals surface area contributed by atoms with Gasteiger partial charge in [0, 0.05) is 30.1 Å². The Morgan fingerprint density at radius 2 is 2.18 bits per heavy atom. The van der Waals surface area contributed by atoms with Crippen molar-refractivity contribution in [2.24, 2.45) is 0 Å². The van der Waals surface area contributed by atoms with Gasteiger partial charge in [-0.3, -0.25) is 4.68 Å². The average Bonchev–Trinajstić information content (AvgIpc) is 2.77. The smallest absolute Gasteiger partial charge is 0.0537 e. The normalized spacial score (nSPS) is 12.9. The summed E-state index contributed by atoms with van der Waals surface area (Å²) < 4.78 is 2.05. The predicted molar refractivity (Wildman–Crippen MR) is 76.6 cm³/mol. The zero-order chi connectivity index (χ0) is 12.5. The van der Waals surface area contributed by atoms with Crippen LogP contribution in [0.3, 0.4) is 0 Å². The molecule has 4 heteroatoms. The summed E-state index contributed by atoms with van der Waals surface area (Å²) >= 11 is 2.02. The Hall–Kier alpha value is -0.480. The lowest BCUT2D eigenvalue weighted by Crippen LogP contribution is -2.22. The van der Waals surface area contributed by atoms with Crippen LogP contribution in [0.4, 0.5) is 0 Å². The summed E-state index contributed by atoms with van der Waals surface area (Å²) in [5.41, 5.74) is 1.32. The molecule has 0 aromatic carbocycles. The first kappa shape index (κ1) is 14.6. The Morgan fingerprint density at radius 3 is 2.82 bits per heavy atom. The Kier molecular flexibility index (Phi) is 7.37. The standard InChI is InChI=1S/C13H25N3S/c1-4-7-16-10-12(9-15-16)13(14-6-3)11-17-8-5-2/h9-10,13-14H,4-8,11H2,1-3H3. The van der Waals surface area contributed by atoms with Crippen LogP contribution in [0.25, 0.3) is 0 Å². The van der Waals surface area contributed by atoms with Gasteiger partial charge in [-0.1, -0.05) is 20.8 Å². The molecule has 0 aliphatic rings. The second-order valence-corrected chi connectivity index (χ2v) is 5.37. The fourth-order valence-corrected chi connectivity index (χ4v) is 2.78. The van der Waals surface area contributed by atoms with Gasteiger partial charge in [0.25, 0.3) is 0 Å². The molecule has 0 saturated carbocycles. The largest absolute Gasteiger partial charge is 0.309 e. The fourth-order valence-electron chi connectivity index (χ4n) is 1.78. The van der Waals surface area contributed by atoms with Gasteiger partial charge in [0.2, 0.25) is 0 Å². The number of nitrogens with zero attached hydrogens (tertiary/aromatic N) is 2. The number of nitrogens with one attached hydrogen (secondary N) is 1. The Labute approximate surface area is 109 Å². The summed E-state index contributed by atoms with van der Waals surface area (Å²) in [5, 5.41) is 7.94. The first-order valence-electron chi connectivity index (χ1n) is 6.65. The van der Waals surface area contributed by atoms with E-state index in [4.69, 9.17) is 0 Å². The molecule has 1 atom stereocenters. The van der Waals surface area contributed by atoms with Gasteiger partial charge in [0.05, 0.1) is 6.20 Å². The first-order valence-corrected chi connectivity index (χ1v) is 7.80. The topological polar surface area (TPSA) is 29.9 Å². The Morgan fingerprint density at radius 1 is 1.35 bits per heavy atom. The summed E-state index contributed by atoms with van der Waals surface area (Å²) in [6.45, 7) is 8.60. The van der Waals surface area contributed by atoms with Crippen LogP contribution in [0.1, 0.15) is 45.2 Å². The van der Waals surface area contributed by atoms with Crippen LogP contribution < -0.4 is 5.32 Å². The van der Waals surface area contributed by atoms with E-state index >= 15 is 0 Å². The molecule has 1 N–H and O–H groups in total. The molecule has 0 saturated heterocycles. The van der Waals surface area contributed by atoms with Crippen molar-refractivity contribution < 1.29 is 0 Å². The number of aromatic nitrogens is 2. The van der Waals surface area contributed by atoms with Crippen molar-refractivity contribution in [2.75, 3.05) is 18.1 Å². The quantitative estimate of drug-likeness (QED) is 0.688. The van der Waals surface area contributed by atoms with Gasteiger partial charge in [0.1, 0.15) is 0 Å². The molecule has 0 spiro atoms. The minimum absolute atomic E-state index is 0.446. The van der Waals surface area contributed by atoms with E-state index in [1.807, 2.05) is 22.6 Å². The highest BCUT2D eigenvalue weighted by molar-refractivity contribution is 7.99. The van der Waals surface area contributed by atoms with E-state index in [1.54, 1.807) is 0 Å². The molecule has 1 unspecified atom stereocenters. The molecule has 3 nitrogen and oxygen atoms in total. The third kappa shape index (κ3) is 5.13.